The molecule has 1 heterocycles. The molecule has 12 nitrogen and oxygen atoms in total. The molecule has 0 bridgehead atoms. The van der Waals surface area contributed by atoms with Gasteiger partial charge in [-0.25, -0.2) is 9.38 Å². The molecule has 0 aromatic heterocycles. The highest BCUT2D eigenvalue weighted by Crippen LogP contribution is 2.34. The van der Waals surface area contributed by atoms with Crippen molar-refractivity contribution in [2.45, 2.75) is 37.9 Å². The normalized spacial score (nSPS) is 14.7. The highest BCUT2D eigenvalue weighted by Gasteiger charge is 2.33. The van der Waals surface area contributed by atoms with Crippen molar-refractivity contribution in [3.8, 4) is 11.5 Å². The first-order chi connectivity index (χ1) is 19.5. The first-order valence-corrected chi connectivity index (χ1v) is 15.6. The third kappa shape index (κ3) is 8.79. The Morgan fingerprint density at radius 2 is 1.60 bits per heavy atom. The van der Waals surface area contributed by atoms with E-state index in [0.29, 0.717) is 22.0 Å². The number of ether oxygens (including phenoxy) is 1. The van der Waals surface area contributed by atoms with Crippen LogP contribution in [0.4, 0.5) is 10.1 Å². The molecular formula is C26H29ClFN5O7S2. The van der Waals surface area contributed by atoms with Gasteiger partial charge in [-0.2, -0.15) is 21.8 Å². The van der Waals surface area contributed by atoms with Gasteiger partial charge in [0.05, 0.1) is 10.8 Å². The van der Waals surface area contributed by atoms with E-state index in [1.807, 2.05) is 13.8 Å². The van der Waals surface area contributed by atoms with Gasteiger partial charge < -0.3 is 20.4 Å². The summed E-state index contributed by atoms with van der Waals surface area (Å²) in [5.74, 6) is 0.0264. The van der Waals surface area contributed by atoms with Crippen LogP contribution in [0.25, 0.3) is 0 Å². The first kappa shape index (κ1) is 32.6. The number of nitrogens with two attached hydrogens (primary N) is 2. The molecule has 3 aromatic rings. The molecule has 5 N–H and O–H groups in total. The number of halogens is 2. The number of aliphatic imine (C=N–C) groups is 2. The SMILES string of the molecule is CC1(C)N=C(N)N=C(N)N1c1ccc(OCc2ccc(S(=O)(=O)Oc3ccc(F)cc3)cc2)c(Cl)c1.CCS(=O)(=O)O. The van der Waals surface area contributed by atoms with E-state index >= 15 is 0 Å². The van der Waals surface area contributed by atoms with Gasteiger partial charge in [0.2, 0.25) is 11.9 Å². The van der Waals surface area contributed by atoms with Crippen LogP contribution in [0.2, 0.25) is 5.02 Å². The van der Waals surface area contributed by atoms with Crippen LogP contribution in [-0.4, -0.2) is 44.7 Å². The van der Waals surface area contributed by atoms with Crippen molar-refractivity contribution in [2.75, 3.05) is 10.7 Å². The van der Waals surface area contributed by atoms with Crippen molar-refractivity contribution in [3.05, 3.63) is 83.1 Å². The summed E-state index contributed by atoms with van der Waals surface area (Å²) in [4.78, 5) is 9.99. The zero-order chi connectivity index (χ0) is 31.3. The van der Waals surface area contributed by atoms with Crippen molar-refractivity contribution in [2.24, 2.45) is 21.5 Å². The van der Waals surface area contributed by atoms with Gasteiger partial charge >= 0.3 is 10.1 Å². The Morgan fingerprint density at radius 1 is 1.00 bits per heavy atom. The Balaban J connectivity index is 0.000000730. The highest BCUT2D eigenvalue weighted by atomic mass is 35.5. The molecule has 0 radical (unpaired) electrons. The zero-order valence-corrected chi connectivity index (χ0v) is 25.1. The van der Waals surface area contributed by atoms with Gasteiger partial charge in [0.1, 0.15) is 34.5 Å². The Kier molecular flexibility index (Phi) is 10.0. The lowest BCUT2D eigenvalue weighted by atomic mass is 10.1. The van der Waals surface area contributed by atoms with Crippen LogP contribution >= 0.6 is 11.6 Å². The lowest BCUT2D eigenvalue weighted by Gasteiger charge is -2.38. The van der Waals surface area contributed by atoms with E-state index in [1.54, 1.807) is 35.2 Å². The molecule has 3 aromatic carbocycles. The maximum Gasteiger partial charge on any atom is 0.339 e. The van der Waals surface area contributed by atoms with Crippen molar-refractivity contribution < 1.29 is 34.7 Å². The largest absolute Gasteiger partial charge is 0.487 e. The molecule has 0 spiro atoms. The second-order valence-corrected chi connectivity index (χ2v) is 12.9. The Morgan fingerprint density at radius 3 is 2.12 bits per heavy atom. The summed E-state index contributed by atoms with van der Waals surface area (Å²) in [6.45, 7) is 5.19. The second-order valence-electron chi connectivity index (χ2n) is 9.18. The summed E-state index contributed by atoms with van der Waals surface area (Å²) in [7, 11) is -7.74. The Labute approximate surface area is 248 Å². The van der Waals surface area contributed by atoms with Crippen molar-refractivity contribution in [1.29, 1.82) is 0 Å². The quantitative estimate of drug-likeness (QED) is 0.240. The van der Waals surface area contributed by atoms with Gasteiger partial charge in [-0.1, -0.05) is 23.7 Å². The van der Waals surface area contributed by atoms with E-state index in [1.165, 1.54) is 31.2 Å². The molecule has 0 fully saturated rings. The van der Waals surface area contributed by atoms with E-state index in [9.17, 15) is 21.2 Å². The average Bonchev–Trinajstić information content (AvgIpc) is 2.88. The van der Waals surface area contributed by atoms with Gasteiger partial charge in [0.25, 0.3) is 10.1 Å². The van der Waals surface area contributed by atoms with Crippen LogP contribution in [0.15, 0.2) is 81.6 Å². The van der Waals surface area contributed by atoms with Crippen LogP contribution < -0.4 is 25.3 Å². The van der Waals surface area contributed by atoms with E-state index < -0.39 is 31.7 Å². The number of hydrogen-bond acceptors (Lipinski definition) is 11. The molecule has 42 heavy (non-hydrogen) atoms. The zero-order valence-electron chi connectivity index (χ0n) is 22.7. The number of anilines is 1. The predicted molar refractivity (Wildman–Crippen MR) is 158 cm³/mol. The van der Waals surface area contributed by atoms with Gasteiger partial charge in [0, 0.05) is 5.69 Å². The minimum absolute atomic E-state index is 0.0122. The fraction of sp³-hybridized carbons (Fsp3) is 0.231. The van der Waals surface area contributed by atoms with Crippen LogP contribution in [0.1, 0.15) is 26.3 Å². The van der Waals surface area contributed by atoms with Crippen LogP contribution in [-0.2, 0) is 26.8 Å². The van der Waals surface area contributed by atoms with E-state index in [2.05, 4.69) is 9.98 Å². The molecule has 226 valence electrons. The molecule has 0 atom stereocenters. The van der Waals surface area contributed by atoms with Crippen LogP contribution in [0.3, 0.4) is 0 Å². The first-order valence-electron chi connectivity index (χ1n) is 12.2. The maximum absolute atomic E-state index is 13.0. The number of guanidine groups is 2. The smallest absolute Gasteiger partial charge is 0.339 e. The number of benzene rings is 3. The molecule has 0 saturated heterocycles. The fourth-order valence-corrected chi connectivity index (χ4v) is 4.73. The maximum atomic E-state index is 13.0. The van der Waals surface area contributed by atoms with Gasteiger partial charge in [-0.15, -0.1) is 0 Å². The second kappa shape index (κ2) is 12.9. The summed E-state index contributed by atoms with van der Waals surface area (Å²) in [6.07, 6.45) is 0. The highest BCUT2D eigenvalue weighted by molar-refractivity contribution is 7.87. The predicted octanol–water partition coefficient (Wildman–Crippen LogP) is 3.91. The summed E-state index contributed by atoms with van der Waals surface area (Å²) in [5.41, 5.74) is 12.4. The molecular weight excluding hydrogens is 613 g/mol. The summed E-state index contributed by atoms with van der Waals surface area (Å²) in [6, 6.07) is 15.8. The van der Waals surface area contributed by atoms with Gasteiger partial charge in [-0.05, 0) is 80.9 Å². The number of hydrogen-bond donors (Lipinski definition) is 3. The molecule has 0 amide bonds. The minimum atomic E-state index is -4.08. The van der Waals surface area contributed by atoms with Gasteiger partial charge in [-0.3, -0.25) is 9.45 Å². The molecule has 0 aliphatic carbocycles. The van der Waals surface area contributed by atoms with E-state index in [4.69, 9.17) is 36.5 Å². The van der Waals surface area contributed by atoms with Crippen LogP contribution in [0, 0.1) is 5.82 Å². The topological polar surface area (TPSA) is 187 Å². The number of rotatable bonds is 8. The monoisotopic (exact) mass is 641 g/mol. The third-order valence-electron chi connectivity index (χ3n) is 5.56. The third-order valence-corrected chi connectivity index (χ3v) is 7.84. The molecule has 4 rings (SSSR count). The summed E-state index contributed by atoms with van der Waals surface area (Å²) >= 11 is 6.44. The van der Waals surface area contributed by atoms with E-state index in [0.717, 1.165) is 12.1 Å². The molecule has 1 aliphatic rings. The number of nitrogens with zero attached hydrogens (tertiary/aromatic N) is 3. The van der Waals surface area contributed by atoms with Crippen molar-refractivity contribution in [1.82, 2.24) is 0 Å². The lowest BCUT2D eigenvalue weighted by Crippen LogP contribution is -2.54. The van der Waals surface area contributed by atoms with Crippen molar-refractivity contribution >= 4 is 49.4 Å². The van der Waals surface area contributed by atoms with Crippen LogP contribution in [0.5, 0.6) is 11.5 Å². The standard InChI is InChI=1S/C24H23ClFN5O4S.C2H6O3S/c1-24(2)30-22(27)29-23(28)31(24)17-7-12-21(20(25)13-17)34-14-15-3-10-19(11-4-15)36(32,33)35-18-8-5-16(26)6-9-18;1-2-6(3,4)5/h3-13H,14H2,1-2H3,(H4,27,28,29,30);2H2,1H3,(H,3,4,5). The molecule has 0 unspecified atom stereocenters. The fourth-order valence-electron chi connectivity index (χ4n) is 3.58. The van der Waals surface area contributed by atoms with E-state index in [-0.39, 0.29) is 34.9 Å². The lowest BCUT2D eigenvalue weighted by molar-refractivity contribution is 0.306. The van der Waals surface area contributed by atoms with Gasteiger partial charge in [0.15, 0.2) is 0 Å². The molecule has 0 saturated carbocycles. The minimum Gasteiger partial charge on any atom is -0.487 e. The summed E-state index contributed by atoms with van der Waals surface area (Å²) < 4.78 is 75.7. The average molecular weight is 642 g/mol. The Bertz CT molecular complexity index is 1700. The summed E-state index contributed by atoms with van der Waals surface area (Å²) in [5, 5.41) is 0.338. The molecule has 1 aliphatic heterocycles. The van der Waals surface area contributed by atoms with Crippen molar-refractivity contribution in [3.63, 3.8) is 0 Å². The molecule has 16 heteroatoms. The Hall–Kier alpha value is -3.92.